The zero-order chi connectivity index (χ0) is 13.0. The largest absolute Gasteiger partial charge is 0.479 e. The van der Waals surface area contributed by atoms with Gasteiger partial charge in [-0.2, -0.15) is 0 Å². The Bertz CT molecular complexity index is 447. The number of aliphatic hydroxyl groups excluding tert-OH is 1. The van der Waals surface area contributed by atoms with E-state index in [1.54, 1.807) is 0 Å². The lowest BCUT2D eigenvalue weighted by Gasteiger charge is -2.11. The Kier molecular flexibility index (Phi) is 4.60. The van der Waals surface area contributed by atoms with Crippen LogP contribution in [0.15, 0.2) is 18.2 Å². The van der Waals surface area contributed by atoms with Gasteiger partial charge in [-0.25, -0.2) is 9.18 Å². The molecular formula is C11H10ClFO4. The quantitative estimate of drug-likeness (QED) is 0.783. The van der Waals surface area contributed by atoms with Crippen molar-refractivity contribution in [2.75, 3.05) is 5.88 Å². The van der Waals surface area contributed by atoms with Crippen LogP contribution in [0, 0.1) is 5.82 Å². The van der Waals surface area contributed by atoms with E-state index in [1.165, 1.54) is 6.07 Å². The summed E-state index contributed by atoms with van der Waals surface area (Å²) in [6.45, 7) is 0. The van der Waals surface area contributed by atoms with Crippen LogP contribution in [-0.4, -0.2) is 27.8 Å². The Balaban J connectivity index is 3.12. The van der Waals surface area contributed by atoms with Crippen LogP contribution in [0.3, 0.4) is 0 Å². The first-order valence-electron chi connectivity index (χ1n) is 4.72. The maximum absolute atomic E-state index is 13.0. The van der Waals surface area contributed by atoms with Gasteiger partial charge in [0.25, 0.3) is 0 Å². The van der Waals surface area contributed by atoms with Crippen LogP contribution in [-0.2, 0) is 16.0 Å². The molecule has 0 saturated carbocycles. The van der Waals surface area contributed by atoms with Crippen molar-refractivity contribution in [1.82, 2.24) is 0 Å². The predicted octanol–water partition coefficient (Wildman–Crippen LogP) is 1.29. The fraction of sp³-hybridized carbons (Fsp3) is 0.273. The molecule has 1 atom stereocenters. The number of halogens is 2. The van der Waals surface area contributed by atoms with Crippen LogP contribution >= 0.6 is 11.6 Å². The van der Waals surface area contributed by atoms with Crippen LogP contribution < -0.4 is 0 Å². The first-order chi connectivity index (χ1) is 7.95. The first kappa shape index (κ1) is 13.6. The molecule has 92 valence electrons. The van der Waals surface area contributed by atoms with Crippen molar-refractivity contribution in [1.29, 1.82) is 0 Å². The number of carboxylic acids is 1. The van der Waals surface area contributed by atoms with E-state index < -0.39 is 17.9 Å². The highest BCUT2D eigenvalue weighted by Crippen LogP contribution is 2.20. The number of carbonyl (C=O) groups is 2. The number of hydrogen-bond acceptors (Lipinski definition) is 3. The Hall–Kier alpha value is -1.46. The summed E-state index contributed by atoms with van der Waals surface area (Å²) in [6.07, 6.45) is -1.99. The van der Waals surface area contributed by atoms with E-state index in [9.17, 15) is 19.1 Å². The van der Waals surface area contributed by atoms with Crippen molar-refractivity contribution in [2.45, 2.75) is 12.5 Å². The number of ketones is 1. The van der Waals surface area contributed by atoms with Gasteiger partial charge in [0.15, 0.2) is 11.9 Å². The lowest BCUT2D eigenvalue weighted by molar-refractivity contribution is -0.147. The normalized spacial score (nSPS) is 12.2. The monoisotopic (exact) mass is 260 g/mol. The van der Waals surface area contributed by atoms with Crippen LogP contribution in [0.1, 0.15) is 17.2 Å². The molecule has 17 heavy (non-hydrogen) atoms. The van der Waals surface area contributed by atoms with Crippen molar-refractivity contribution < 1.29 is 24.2 Å². The molecule has 0 saturated heterocycles. The summed E-state index contributed by atoms with van der Waals surface area (Å²) in [5.74, 6) is -2.74. The van der Waals surface area contributed by atoms with Gasteiger partial charge in [-0.3, -0.25) is 4.79 Å². The highest BCUT2D eigenvalue weighted by Gasteiger charge is 2.21. The Morgan fingerprint density at radius 2 is 2.06 bits per heavy atom. The number of aliphatic hydroxyl groups is 1. The van der Waals surface area contributed by atoms with E-state index in [2.05, 4.69) is 0 Å². The van der Waals surface area contributed by atoms with E-state index in [0.29, 0.717) is 0 Å². The van der Waals surface area contributed by atoms with Gasteiger partial charge < -0.3 is 10.2 Å². The summed E-state index contributed by atoms with van der Waals surface area (Å²) in [7, 11) is 0. The highest BCUT2D eigenvalue weighted by molar-refractivity contribution is 6.27. The molecule has 0 spiro atoms. The van der Waals surface area contributed by atoms with Crippen molar-refractivity contribution in [3.63, 3.8) is 0 Å². The summed E-state index contributed by atoms with van der Waals surface area (Å²) in [5.41, 5.74) is 0.128. The van der Waals surface area contributed by atoms with Crippen LogP contribution in [0.2, 0.25) is 0 Å². The number of rotatable bonds is 5. The van der Waals surface area contributed by atoms with E-state index in [0.717, 1.165) is 12.1 Å². The summed E-state index contributed by atoms with van der Waals surface area (Å²) in [4.78, 5) is 21.8. The molecule has 0 aliphatic carbocycles. The van der Waals surface area contributed by atoms with Gasteiger partial charge in [-0.1, -0.05) is 6.07 Å². The lowest BCUT2D eigenvalue weighted by atomic mass is 9.98. The molecule has 0 radical (unpaired) electrons. The molecular weight excluding hydrogens is 251 g/mol. The summed E-state index contributed by atoms with van der Waals surface area (Å²) in [5, 5.41) is 18.0. The predicted molar refractivity (Wildman–Crippen MR) is 58.4 cm³/mol. The zero-order valence-electron chi connectivity index (χ0n) is 8.69. The molecule has 1 unspecified atom stereocenters. The molecule has 0 aromatic heterocycles. The second kappa shape index (κ2) is 5.75. The van der Waals surface area contributed by atoms with Crippen LogP contribution in [0.25, 0.3) is 0 Å². The average Bonchev–Trinajstić information content (AvgIpc) is 2.30. The number of alkyl halides is 1. The standard InChI is InChI=1S/C11H10ClFO4/c12-5-8(14)3-6-1-2-7(13)4-9(6)10(15)11(16)17/h1-2,4,10,15H,3,5H2,(H,16,17). The fourth-order valence-electron chi connectivity index (χ4n) is 1.37. The minimum absolute atomic E-state index is 0.129. The Labute approximate surface area is 102 Å². The van der Waals surface area contributed by atoms with Crippen LogP contribution in [0.4, 0.5) is 4.39 Å². The smallest absolute Gasteiger partial charge is 0.337 e. The van der Waals surface area contributed by atoms with E-state index in [-0.39, 0.29) is 29.2 Å². The average molecular weight is 261 g/mol. The van der Waals surface area contributed by atoms with Gasteiger partial charge in [-0.15, -0.1) is 11.6 Å². The molecule has 0 heterocycles. The van der Waals surface area contributed by atoms with Crippen LogP contribution in [0.5, 0.6) is 0 Å². The molecule has 2 N–H and O–H groups in total. The van der Waals surface area contributed by atoms with Gasteiger partial charge in [0.1, 0.15) is 5.82 Å². The van der Waals surface area contributed by atoms with Gasteiger partial charge in [0.05, 0.1) is 5.88 Å². The summed E-state index contributed by atoms with van der Waals surface area (Å²) >= 11 is 5.33. The van der Waals surface area contributed by atoms with Crippen molar-refractivity contribution in [3.8, 4) is 0 Å². The number of aliphatic carboxylic acids is 1. The number of carbonyl (C=O) groups excluding carboxylic acids is 1. The molecule has 0 amide bonds. The van der Waals surface area contributed by atoms with Crippen molar-refractivity contribution in [2.24, 2.45) is 0 Å². The molecule has 4 nitrogen and oxygen atoms in total. The first-order valence-corrected chi connectivity index (χ1v) is 5.26. The molecule has 6 heteroatoms. The van der Waals surface area contributed by atoms with E-state index in [1.807, 2.05) is 0 Å². The van der Waals surface area contributed by atoms with Gasteiger partial charge in [0.2, 0.25) is 0 Å². The summed E-state index contributed by atoms with van der Waals surface area (Å²) < 4.78 is 13.0. The second-order valence-corrected chi connectivity index (χ2v) is 3.70. The maximum Gasteiger partial charge on any atom is 0.337 e. The Morgan fingerprint density at radius 3 is 2.59 bits per heavy atom. The molecule has 0 fully saturated rings. The fourth-order valence-corrected chi connectivity index (χ4v) is 1.47. The second-order valence-electron chi connectivity index (χ2n) is 3.43. The van der Waals surface area contributed by atoms with E-state index >= 15 is 0 Å². The number of benzene rings is 1. The molecule has 0 bridgehead atoms. The van der Waals surface area contributed by atoms with Gasteiger partial charge >= 0.3 is 5.97 Å². The van der Waals surface area contributed by atoms with Crippen molar-refractivity contribution >= 4 is 23.4 Å². The highest BCUT2D eigenvalue weighted by atomic mass is 35.5. The molecule has 1 rings (SSSR count). The van der Waals surface area contributed by atoms with E-state index in [4.69, 9.17) is 16.7 Å². The number of carboxylic acid groups (broad SMARTS) is 1. The Morgan fingerprint density at radius 1 is 1.41 bits per heavy atom. The van der Waals surface area contributed by atoms with Gasteiger partial charge in [-0.05, 0) is 23.3 Å². The number of hydrogen-bond donors (Lipinski definition) is 2. The third-order valence-corrected chi connectivity index (χ3v) is 2.47. The number of Topliss-reactive ketones (excluding diaryl/α,β-unsaturated/α-hetero) is 1. The minimum Gasteiger partial charge on any atom is -0.479 e. The maximum atomic E-state index is 13.0. The topological polar surface area (TPSA) is 74.6 Å². The lowest BCUT2D eigenvalue weighted by Crippen LogP contribution is -2.15. The van der Waals surface area contributed by atoms with Crippen molar-refractivity contribution in [3.05, 3.63) is 35.1 Å². The van der Waals surface area contributed by atoms with Gasteiger partial charge in [0, 0.05) is 6.42 Å². The molecule has 0 aliphatic heterocycles. The summed E-state index contributed by atoms with van der Waals surface area (Å²) in [6, 6.07) is 3.26. The molecule has 1 aromatic rings. The molecule has 1 aromatic carbocycles. The SMILES string of the molecule is O=C(CCl)Cc1ccc(F)cc1C(O)C(=O)O. The zero-order valence-corrected chi connectivity index (χ0v) is 9.45. The molecule has 0 aliphatic rings. The third-order valence-electron chi connectivity index (χ3n) is 2.17. The third kappa shape index (κ3) is 3.51. The minimum atomic E-state index is -1.86.